The van der Waals surface area contributed by atoms with Crippen molar-refractivity contribution in [2.75, 3.05) is 26.1 Å². The molecule has 1 heterocycles. The molecule has 0 unspecified atom stereocenters. The summed E-state index contributed by atoms with van der Waals surface area (Å²) in [4.78, 5) is 22.9. The van der Waals surface area contributed by atoms with Crippen LogP contribution >= 0.6 is 0 Å². The van der Waals surface area contributed by atoms with Crippen LogP contribution in [0.5, 0.6) is 5.75 Å². The first kappa shape index (κ1) is 17.3. The lowest BCUT2D eigenvalue weighted by atomic mass is 10.1. The second-order valence-electron chi connectivity index (χ2n) is 4.83. The summed E-state index contributed by atoms with van der Waals surface area (Å²) in [7, 11) is 2.86. The zero-order valence-corrected chi connectivity index (χ0v) is 13.5. The summed E-state index contributed by atoms with van der Waals surface area (Å²) in [6.45, 7) is 0.475. The Morgan fingerprint density at radius 2 is 2.04 bits per heavy atom. The molecule has 0 spiro atoms. The van der Waals surface area contributed by atoms with Crippen LogP contribution in [0.4, 0.5) is 10.6 Å². The van der Waals surface area contributed by atoms with Crippen molar-refractivity contribution in [1.29, 1.82) is 0 Å². The van der Waals surface area contributed by atoms with Crippen molar-refractivity contribution in [2.24, 2.45) is 0 Å². The van der Waals surface area contributed by atoms with Crippen LogP contribution in [0.15, 0.2) is 30.5 Å². The summed E-state index contributed by atoms with van der Waals surface area (Å²) in [5.74, 6) is 0.796. The summed E-state index contributed by atoms with van der Waals surface area (Å²) < 4.78 is 11.0. The van der Waals surface area contributed by atoms with Gasteiger partial charge < -0.3 is 14.8 Å². The first-order valence-corrected chi connectivity index (χ1v) is 7.26. The minimum atomic E-state index is -0.650. The molecule has 0 fully saturated rings. The minimum absolute atomic E-state index is 0.00176. The number of aromatic nitrogens is 3. The van der Waals surface area contributed by atoms with Crippen molar-refractivity contribution in [3.63, 3.8) is 0 Å². The van der Waals surface area contributed by atoms with E-state index in [1.54, 1.807) is 7.11 Å². The third-order valence-electron chi connectivity index (χ3n) is 3.17. The number of anilines is 1. The second-order valence-corrected chi connectivity index (χ2v) is 4.83. The van der Waals surface area contributed by atoms with Gasteiger partial charge in [-0.25, -0.2) is 9.48 Å². The number of carbonyl (C=O) groups is 2. The summed E-state index contributed by atoms with van der Waals surface area (Å²) in [6, 6.07) is 7.64. The van der Waals surface area contributed by atoms with E-state index in [1.165, 1.54) is 18.0 Å². The predicted octanol–water partition coefficient (Wildman–Crippen LogP) is 0.824. The number of hydrogen-bond donors (Lipinski definition) is 2. The SMILES string of the molecule is COC(=O)Nc1cn(CC(=O)NCCc2ccccc2OC)nn1. The van der Waals surface area contributed by atoms with Crippen LogP contribution in [0.2, 0.25) is 0 Å². The molecular weight excluding hydrogens is 314 g/mol. The Hall–Kier alpha value is -3.10. The topological polar surface area (TPSA) is 107 Å². The van der Waals surface area contributed by atoms with E-state index in [1.807, 2.05) is 24.3 Å². The Kier molecular flexibility index (Phi) is 6.12. The van der Waals surface area contributed by atoms with Crippen LogP contribution in [0.3, 0.4) is 0 Å². The quantitative estimate of drug-likeness (QED) is 0.777. The summed E-state index contributed by atoms with van der Waals surface area (Å²) in [5, 5.41) is 12.6. The molecule has 0 saturated carbocycles. The van der Waals surface area contributed by atoms with Gasteiger partial charge in [-0.15, -0.1) is 5.10 Å². The summed E-state index contributed by atoms with van der Waals surface area (Å²) in [5.41, 5.74) is 1.02. The normalized spacial score (nSPS) is 10.1. The van der Waals surface area contributed by atoms with E-state index in [9.17, 15) is 9.59 Å². The number of para-hydroxylation sites is 1. The fraction of sp³-hybridized carbons (Fsp3) is 0.333. The van der Waals surface area contributed by atoms with Gasteiger partial charge in [-0.2, -0.15) is 0 Å². The number of amides is 2. The molecule has 2 rings (SSSR count). The maximum Gasteiger partial charge on any atom is 0.412 e. The van der Waals surface area contributed by atoms with Crippen LogP contribution in [-0.4, -0.2) is 47.8 Å². The number of methoxy groups -OCH3 is 2. The minimum Gasteiger partial charge on any atom is -0.496 e. The number of carbonyl (C=O) groups excluding carboxylic acids is 2. The molecule has 9 heteroatoms. The average molecular weight is 333 g/mol. The highest BCUT2D eigenvalue weighted by Gasteiger charge is 2.09. The monoisotopic (exact) mass is 333 g/mol. The van der Waals surface area contributed by atoms with Gasteiger partial charge in [0.1, 0.15) is 12.3 Å². The molecule has 1 aromatic carbocycles. The molecule has 2 aromatic rings. The highest BCUT2D eigenvalue weighted by molar-refractivity contribution is 5.82. The number of ether oxygens (including phenoxy) is 2. The Labute approximate surface area is 138 Å². The van der Waals surface area contributed by atoms with Crippen LogP contribution < -0.4 is 15.4 Å². The van der Waals surface area contributed by atoms with Crippen LogP contribution in [0.1, 0.15) is 5.56 Å². The van der Waals surface area contributed by atoms with Gasteiger partial charge >= 0.3 is 6.09 Å². The van der Waals surface area contributed by atoms with Gasteiger partial charge in [-0.05, 0) is 18.1 Å². The van der Waals surface area contributed by atoms with Gasteiger partial charge in [0.25, 0.3) is 0 Å². The summed E-state index contributed by atoms with van der Waals surface area (Å²) >= 11 is 0. The molecule has 1 aromatic heterocycles. The molecule has 0 saturated heterocycles. The molecule has 2 amide bonds. The molecule has 0 aliphatic carbocycles. The van der Waals surface area contributed by atoms with E-state index < -0.39 is 6.09 Å². The van der Waals surface area contributed by atoms with E-state index >= 15 is 0 Å². The Balaban J connectivity index is 1.78. The van der Waals surface area contributed by atoms with Gasteiger partial charge in [-0.1, -0.05) is 23.4 Å². The molecular formula is C15H19N5O4. The standard InChI is InChI=1S/C15H19N5O4/c1-23-12-6-4-3-5-11(12)7-8-16-14(21)10-20-9-13(18-19-20)17-15(22)24-2/h3-6,9H,7-8,10H2,1-2H3,(H,16,21)(H,17,22). The van der Waals surface area contributed by atoms with Gasteiger partial charge in [0.05, 0.1) is 20.4 Å². The first-order chi connectivity index (χ1) is 11.6. The third kappa shape index (κ3) is 4.97. The molecule has 0 aliphatic rings. The number of nitrogens with zero attached hydrogens (tertiary/aromatic N) is 3. The van der Waals surface area contributed by atoms with E-state index in [4.69, 9.17) is 4.74 Å². The van der Waals surface area contributed by atoms with Gasteiger partial charge in [-0.3, -0.25) is 10.1 Å². The van der Waals surface area contributed by atoms with Gasteiger partial charge in [0.15, 0.2) is 5.82 Å². The number of rotatable bonds is 7. The number of nitrogens with one attached hydrogen (secondary N) is 2. The molecule has 0 bridgehead atoms. The Bertz CT molecular complexity index is 701. The van der Waals surface area contributed by atoms with Crippen molar-refractivity contribution in [3.8, 4) is 5.75 Å². The first-order valence-electron chi connectivity index (χ1n) is 7.26. The smallest absolute Gasteiger partial charge is 0.412 e. The van der Waals surface area contributed by atoms with Crippen LogP contribution in [-0.2, 0) is 22.5 Å². The molecule has 0 radical (unpaired) electrons. The van der Waals surface area contributed by atoms with Crippen molar-refractivity contribution in [1.82, 2.24) is 20.3 Å². The average Bonchev–Trinajstić information content (AvgIpc) is 3.01. The van der Waals surface area contributed by atoms with Crippen LogP contribution in [0.25, 0.3) is 0 Å². The fourth-order valence-corrected chi connectivity index (χ4v) is 2.04. The molecule has 24 heavy (non-hydrogen) atoms. The highest BCUT2D eigenvalue weighted by atomic mass is 16.5. The van der Waals surface area contributed by atoms with Crippen molar-refractivity contribution >= 4 is 17.8 Å². The highest BCUT2D eigenvalue weighted by Crippen LogP contribution is 2.17. The van der Waals surface area contributed by atoms with Crippen LogP contribution in [0, 0.1) is 0 Å². The lowest BCUT2D eigenvalue weighted by Gasteiger charge is -2.09. The number of hydrogen-bond acceptors (Lipinski definition) is 6. The Morgan fingerprint density at radius 1 is 1.25 bits per heavy atom. The fourth-order valence-electron chi connectivity index (χ4n) is 2.04. The van der Waals surface area contributed by atoms with Crippen molar-refractivity contribution in [3.05, 3.63) is 36.0 Å². The van der Waals surface area contributed by atoms with Gasteiger partial charge in [0, 0.05) is 6.54 Å². The van der Waals surface area contributed by atoms with E-state index in [0.29, 0.717) is 13.0 Å². The maximum atomic E-state index is 11.9. The van der Waals surface area contributed by atoms with Gasteiger partial charge in [0.2, 0.25) is 5.91 Å². The zero-order valence-electron chi connectivity index (χ0n) is 13.5. The summed E-state index contributed by atoms with van der Waals surface area (Å²) in [6.07, 6.45) is 1.45. The van der Waals surface area contributed by atoms with E-state index in [-0.39, 0.29) is 18.3 Å². The molecule has 9 nitrogen and oxygen atoms in total. The predicted molar refractivity (Wildman–Crippen MR) is 85.8 cm³/mol. The molecule has 2 N–H and O–H groups in total. The van der Waals surface area contributed by atoms with E-state index in [2.05, 4.69) is 25.7 Å². The zero-order chi connectivity index (χ0) is 17.4. The Morgan fingerprint density at radius 3 is 2.79 bits per heavy atom. The van der Waals surface area contributed by atoms with Crippen molar-refractivity contribution < 1.29 is 19.1 Å². The number of benzene rings is 1. The second kappa shape index (κ2) is 8.51. The maximum absolute atomic E-state index is 11.9. The molecule has 0 aliphatic heterocycles. The molecule has 128 valence electrons. The van der Waals surface area contributed by atoms with Crippen molar-refractivity contribution in [2.45, 2.75) is 13.0 Å². The lowest BCUT2D eigenvalue weighted by molar-refractivity contribution is -0.121. The largest absolute Gasteiger partial charge is 0.496 e. The third-order valence-corrected chi connectivity index (χ3v) is 3.17. The molecule has 0 atom stereocenters. The van der Waals surface area contributed by atoms with E-state index in [0.717, 1.165) is 11.3 Å². The lowest BCUT2D eigenvalue weighted by Crippen LogP contribution is -2.29.